The quantitative estimate of drug-likeness (QED) is 0.633. The van der Waals surface area contributed by atoms with E-state index in [4.69, 9.17) is 11.6 Å². The van der Waals surface area contributed by atoms with Crippen LogP contribution in [0.2, 0.25) is 0 Å². The molecule has 5 rings (SSSR count). The van der Waals surface area contributed by atoms with Crippen LogP contribution in [0.15, 0.2) is 41.3 Å². The van der Waals surface area contributed by atoms with Gasteiger partial charge in [0.05, 0.1) is 6.57 Å². The van der Waals surface area contributed by atoms with E-state index in [0.29, 0.717) is 11.6 Å². The van der Waals surface area contributed by atoms with Crippen molar-refractivity contribution in [3.63, 3.8) is 0 Å². The number of anilines is 3. The second-order valence-corrected chi connectivity index (χ2v) is 8.69. The minimum atomic E-state index is -0.249. The lowest BCUT2D eigenvalue weighted by atomic mass is 10.2. The summed E-state index contributed by atoms with van der Waals surface area (Å²) in [7, 11) is 2.16. The number of likely N-dealkylation sites (N-methyl/N-ethyl adjacent to an activating group) is 1. The summed E-state index contributed by atoms with van der Waals surface area (Å²) in [6, 6.07) is 10.00. The van der Waals surface area contributed by atoms with Crippen molar-refractivity contribution in [2.24, 2.45) is 0 Å². The number of rotatable bonds is 4. The summed E-state index contributed by atoms with van der Waals surface area (Å²) in [5.41, 5.74) is 2.59. The van der Waals surface area contributed by atoms with Crippen molar-refractivity contribution in [3.8, 4) is 0 Å². The maximum Gasteiger partial charge on any atom is 0.258 e. The van der Waals surface area contributed by atoms with Crippen LogP contribution in [0.5, 0.6) is 0 Å². The molecule has 8 heteroatoms. The molecule has 164 valence electrons. The topological polar surface area (TPSA) is 70.7 Å². The molecular weight excluding hydrogens is 402 g/mol. The molecule has 0 unspecified atom stereocenters. The Morgan fingerprint density at radius 3 is 2.50 bits per heavy atom. The molecule has 0 atom stereocenters. The monoisotopic (exact) mass is 429 g/mol. The van der Waals surface area contributed by atoms with E-state index < -0.39 is 0 Å². The van der Waals surface area contributed by atoms with Gasteiger partial charge in [0.2, 0.25) is 5.95 Å². The molecule has 3 heterocycles. The number of pyridine rings is 1. The van der Waals surface area contributed by atoms with E-state index in [9.17, 15) is 4.79 Å². The van der Waals surface area contributed by atoms with Crippen LogP contribution in [-0.4, -0.2) is 52.7 Å². The maximum absolute atomic E-state index is 12.9. The first-order valence-corrected chi connectivity index (χ1v) is 11.2. The van der Waals surface area contributed by atoms with Crippen LogP contribution in [0.25, 0.3) is 15.9 Å². The minimum absolute atomic E-state index is 0.0947. The van der Waals surface area contributed by atoms with Gasteiger partial charge in [-0.2, -0.15) is 4.98 Å². The normalized spacial score (nSPS) is 17.6. The summed E-state index contributed by atoms with van der Waals surface area (Å²) in [6.07, 6.45) is 5.77. The lowest BCUT2D eigenvalue weighted by Crippen LogP contribution is -2.44. The standard InChI is InChI=1S/C24H27N7O/c1-25-21-15-17-16-26-24(28-22(17)31(23(21)32)20-5-3-4-6-20)27-18-7-9-19(10-8-18)30-13-11-29(2)12-14-30/h7-10,15-16,20H,3-6,11-14H2,2H3,(H,26,27,28). The van der Waals surface area contributed by atoms with Crippen molar-refractivity contribution in [3.05, 3.63) is 58.3 Å². The number of hydrogen-bond donors (Lipinski definition) is 1. The van der Waals surface area contributed by atoms with E-state index in [2.05, 4.69) is 44.1 Å². The Balaban J connectivity index is 1.43. The van der Waals surface area contributed by atoms with Crippen LogP contribution in [0.4, 0.5) is 23.0 Å². The zero-order valence-corrected chi connectivity index (χ0v) is 18.3. The Kier molecular flexibility index (Phi) is 5.50. The molecule has 8 nitrogen and oxygen atoms in total. The average Bonchev–Trinajstić information content (AvgIpc) is 3.34. The van der Waals surface area contributed by atoms with E-state index in [1.54, 1.807) is 16.8 Å². The van der Waals surface area contributed by atoms with Gasteiger partial charge in [-0.3, -0.25) is 9.36 Å². The highest BCUT2D eigenvalue weighted by atomic mass is 16.1. The molecule has 1 aromatic carbocycles. The number of aromatic nitrogens is 3. The van der Waals surface area contributed by atoms with Crippen LogP contribution in [0, 0.1) is 6.57 Å². The average molecular weight is 430 g/mol. The Morgan fingerprint density at radius 1 is 1.09 bits per heavy atom. The lowest BCUT2D eigenvalue weighted by Gasteiger charge is -2.34. The van der Waals surface area contributed by atoms with Crippen LogP contribution in [0.1, 0.15) is 31.7 Å². The third-order valence-corrected chi connectivity index (χ3v) is 6.56. The Bertz CT molecular complexity index is 1210. The Labute approximate surface area is 187 Å². The first-order valence-electron chi connectivity index (χ1n) is 11.2. The highest BCUT2D eigenvalue weighted by Gasteiger charge is 2.22. The van der Waals surface area contributed by atoms with Crippen LogP contribution in [0.3, 0.4) is 0 Å². The van der Waals surface area contributed by atoms with Crippen molar-refractivity contribution >= 4 is 34.0 Å². The molecule has 1 N–H and O–H groups in total. The highest BCUT2D eigenvalue weighted by molar-refractivity contribution is 5.80. The molecule has 0 bridgehead atoms. The van der Waals surface area contributed by atoms with Crippen molar-refractivity contribution in [1.29, 1.82) is 0 Å². The van der Waals surface area contributed by atoms with Gasteiger partial charge in [0, 0.05) is 55.2 Å². The maximum atomic E-state index is 12.9. The van der Waals surface area contributed by atoms with E-state index in [0.717, 1.165) is 62.9 Å². The Morgan fingerprint density at radius 2 is 1.81 bits per heavy atom. The largest absolute Gasteiger partial charge is 0.369 e. The fraction of sp³-hybridized carbons (Fsp3) is 0.417. The van der Waals surface area contributed by atoms with E-state index in [1.165, 1.54) is 5.69 Å². The number of hydrogen-bond acceptors (Lipinski definition) is 6. The summed E-state index contributed by atoms with van der Waals surface area (Å²) in [5, 5.41) is 4.00. The molecule has 1 aliphatic heterocycles. The second-order valence-electron chi connectivity index (χ2n) is 8.69. The van der Waals surface area contributed by atoms with Crippen molar-refractivity contribution < 1.29 is 0 Å². The highest BCUT2D eigenvalue weighted by Crippen LogP contribution is 2.31. The van der Waals surface area contributed by atoms with Crippen molar-refractivity contribution in [2.45, 2.75) is 31.7 Å². The fourth-order valence-corrected chi connectivity index (χ4v) is 4.70. The van der Waals surface area contributed by atoms with Gasteiger partial charge in [0.1, 0.15) is 5.65 Å². The van der Waals surface area contributed by atoms with Crippen molar-refractivity contribution in [2.75, 3.05) is 43.4 Å². The summed E-state index contributed by atoms with van der Waals surface area (Å²) in [4.78, 5) is 30.2. The molecule has 1 aliphatic carbocycles. The van der Waals surface area contributed by atoms with Crippen LogP contribution < -0.4 is 15.8 Å². The summed E-state index contributed by atoms with van der Waals surface area (Å²) >= 11 is 0. The number of piperazine rings is 1. The molecule has 2 aliphatic rings. The molecule has 2 aromatic heterocycles. The first kappa shape index (κ1) is 20.5. The SMILES string of the molecule is [C-]#[N+]c1cc2cnc(Nc3ccc(N4CCN(C)CC4)cc3)nc2n(C2CCCC2)c1=O. The van der Waals surface area contributed by atoms with Crippen LogP contribution in [-0.2, 0) is 0 Å². The molecule has 32 heavy (non-hydrogen) atoms. The van der Waals surface area contributed by atoms with E-state index in [-0.39, 0.29) is 17.3 Å². The Hall–Kier alpha value is -3.44. The van der Waals surface area contributed by atoms with E-state index >= 15 is 0 Å². The van der Waals surface area contributed by atoms with Gasteiger partial charge >= 0.3 is 0 Å². The summed E-state index contributed by atoms with van der Waals surface area (Å²) < 4.78 is 1.72. The lowest BCUT2D eigenvalue weighted by molar-refractivity contribution is 0.313. The minimum Gasteiger partial charge on any atom is -0.369 e. The summed E-state index contributed by atoms with van der Waals surface area (Å²) in [5.74, 6) is 0.451. The molecule has 2 fully saturated rings. The number of nitrogens with zero attached hydrogens (tertiary/aromatic N) is 6. The predicted octanol–water partition coefficient (Wildman–Crippen LogP) is 3.95. The van der Waals surface area contributed by atoms with Crippen molar-refractivity contribution in [1.82, 2.24) is 19.4 Å². The number of benzene rings is 1. The summed E-state index contributed by atoms with van der Waals surface area (Å²) in [6.45, 7) is 11.6. The van der Waals surface area contributed by atoms with Gasteiger partial charge in [0.15, 0.2) is 0 Å². The van der Waals surface area contributed by atoms with Gasteiger partial charge in [-0.05, 0) is 50.2 Å². The first-order chi connectivity index (χ1) is 15.6. The molecular formula is C24H27N7O. The van der Waals surface area contributed by atoms with Gasteiger partial charge in [-0.15, -0.1) is 0 Å². The predicted molar refractivity (Wildman–Crippen MR) is 127 cm³/mol. The molecule has 1 saturated heterocycles. The van der Waals surface area contributed by atoms with Crippen LogP contribution >= 0.6 is 0 Å². The second kappa shape index (κ2) is 8.60. The van der Waals surface area contributed by atoms with Gasteiger partial charge in [-0.1, -0.05) is 12.8 Å². The number of fused-ring (bicyclic) bond motifs is 1. The van der Waals surface area contributed by atoms with Gasteiger partial charge < -0.3 is 15.1 Å². The van der Waals surface area contributed by atoms with Gasteiger partial charge in [-0.25, -0.2) is 9.83 Å². The fourth-order valence-electron chi connectivity index (χ4n) is 4.70. The van der Waals surface area contributed by atoms with E-state index in [1.807, 2.05) is 12.1 Å². The molecule has 0 amide bonds. The zero-order chi connectivity index (χ0) is 22.1. The third-order valence-electron chi connectivity index (χ3n) is 6.56. The third kappa shape index (κ3) is 3.92. The smallest absolute Gasteiger partial charge is 0.258 e. The zero-order valence-electron chi connectivity index (χ0n) is 18.3. The number of nitrogens with one attached hydrogen (secondary N) is 1. The molecule has 0 radical (unpaired) electrons. The molecule has 1 saturated carbocycles. The van der Waals surface area contributed by atoms with Gasteiger partial charge in [0.25, 0.3) is 11.2 Å². The molecule has 3 aromatic rings. The molecule has 0 spiro atoms.